The third-order valence-corrected chi connectivity index (χ3v) is 5.75. The van der Waals surface area contributed by atoms with Crippen molar-refractivity contribution >= 4 is 34.6 Å². The van der Waals surface area contributed by atoms with E-state index in [-0.39, 0.29) is 17.0 Å². The van der Waals surface area contributed by atoms with Gasteiger partial charge < -0.3 is 15.7 Å². The first-order valence-electron chi connectivity index (χ1n) is 10.5. The van der Waals surface area contributed by atoms with Crippen molar-refractivity contribution < 1.29 is 18.7 Å². The predicted molar refractivity (Wildman–Crippen MR) is 131 cm³/mol. The van der Waals surface area contributed by atoms with Gasteiger partial charge in [-0.2, -0.15) is 0 Å². The molecular weight excluding hydrogens is 458 g/mol. The van der Waals surface area contributed by atoms with Crippen molar-refractivity contribution in [3.63, 3.8) is 0 Å². The topological polar surface area (TPSA) is 61.4 Å². The number of phenolic OH excluding ortho intramolecular Hbond substituents is 1. The number of rotatable bonds is 6. The van der Waals surface area contributed by atoms with Gasteiger partial charge >= 0.3 is 0 Å². The van der Waals surface area contributed by atoms with Crippen LogP contribution in [0.3, 0.4) is 0 Å². The average molecular weight is 479 g/mol. The molecule has 4 nitrogen and oxygen atoms in total. The maximum atomic E-state index is 13.9. The molecule has 0 atom stereocenters. The van der Waals surface area contributed by atoms with Crippen molar-refractivity contribution in [2.45, 2.75) is 13.3 Å². The molecule has 0 unspecified atom stereocenters. The van der Waals surface area contributed by atoms with Gasteiger partial charge in [-0.15, -0.1) is 0 Å². The zero-order valence-corrected chi connectivity index (χ0v) is 19.0. The van der Waals surface area contributed by atoms with E-state index in [0.717, 1.165) is 22.8 Å². The predicted octanol–water partition coefficient (Wildman–Crippen LogP) is 7.22. The Morgan fingerprint density at radius 3 is 2.41 bits per heavy atom. The maximum Gasteiger partial charge on any atom is 0.259 e. The molecule has 172 valence electrons. The fourth-order valence-electron chi connectivity index (χ4n) is 3.52. The van der Waals surface area contributed by atoms with Crippen molar-refractivity contribution in [1.82, 2.24) is 0 Å². The van der Waals surface area contributed by atoms with Crippen LogP contribution in [-0.4, -0.2) is 11.0 Å². The monoisotopic (exact) mass is 478 g/mol. The molecule has 0 heterocycles. The number of anilines is 3. The molecule has 4 aromatic rings. The SMILES string of the molecule is Cc1ccc(NC(=O)c2ccccc2O)cc1Cc1ccc(Nc2ccc(F)cc2F)cc1Cl. The highest BCUT2D eigenvalue weighted by atomic mass is 35.5. The number of aryl methyl sites for hydroxylation is 1. The smallest absolute Gasteiger partial charge is 0.259 e. The number of benzene rings is 4. The number of phenols is 1. The number of halogens is 3. The van der Waals surface area contributed by atoms with Crippen molar-refractivity contribution in [2.24, 2.45) is 0 Å². The third kappa shape index (κ3) is 5.35. The minimum atomic E-state index is -0.696. The minimum absolute atomic E-state index is 0.0895. The molecule has 3 N–H and O–H groups in total. The van der Waals surface area contributed by atoms with E-state index in [1.165, 1.54) is 18.2 Å². The van der Waals surface area contributed by atoms with Crippen molar-refractivity contribution in [2.75, 3.05) is 10.6 Å². The summed E-state index contributed by atoms with van der Waals surface area (Å²) in [5.74, 6) is -1.84. The lowest BCUT2D eigenvalue weighted by Crippen LogP contribution is -2.12. The molecule has 0 aliphatic carbocycles. The summed E-state index contributed by atoms with van der Waals surface area (Å²) < 4.78 is 27.0. The largest absolute Gasteiger partial charge is 0.507 e. The molecule has 0 aromatic heterocycles. The zero-order chi connectivity index (χ0) is 24.2. The summed E-state index contributed by atoms with van der Waals surface area (Å²) in [4.78, 5) is 12.5. The van der Waals surface area contributed by atoms with Crippen LogP contribution in [0.4, 0.5) is 25.8 Å². The molecule has 0 fully saturated rings. The molecule has 0 spiro atoms. The number of carbonyl (C=O) groups excluding carboxylic acids is 1. The first-order valence-corrected chi connectivity index (χ1v) is 10.9. The van der Waals surface area contributed by atoms with E-state index in [0.29, 0.717) is 22.8 Å². The number of hydrogen-bond donors (Lipinski definition) is 3. The van der Waals surface area contributed by atoms with Gasteiger partial charge in [0.25, 0.3) is 5.91 Å². The molecule has 0 saturated heterocycles. The molecule has 0 aliphatic rings. The molecule has 0 aliphatic heterocycles. The molecule has 4 aromatic carbocycles. The van der Waals surface area contributed by atoms with Gasteiger partial charge in [-0.1, -0.05) is 35.9 Å². The Labute approximate surface area is 200 Å². The van der Waals surface area contributed by atoms with Gasteiger partial charge in [0.05, 0.1) is 11.3 Å². The quantitative estimate of drug-likeness (QED) is 0.274. The van der Waals surface area contributed by atoms with Gasteiger partial charge in [-0.05, 0) is 78.6 Å². The highest BCUT2D eigenvalue weighted by Gasteiger charge is 2.12. The van der Waals surface area contributed by atoms with Gasteiger partial charge in [0.15, 0.2) is 0 Å². The van der Waals surface area contributed by atoms with Crippen LogP contribution in [0.1, 0.15) is 27.0 Å². The van der Waals surface area contributed by atoms with Crippen molar-refractivity contribution in [3.05, 3.63) is 118 Å². The Kier molecular flexibility index (Phi) is 6.80. The second-order valence-electron chi connectivity index (χ2n) is 7.84. The van der Waals surface area contributed by atoms with E-state index in [4.69, 9.17) is 11.6 Å². The van der Waals surface area contributed by atoms with Crippen molar-refractivity contribution in [3.8, 4) is 5.75 Å². The second kappa shape index (κ2) is 9.93. The number of aromatic hydroxyl groups is 1. The summed E-state index contributed by atoms with van der Waals surface area (Å²) in [5.41, 5.74) is 4.32. The van der Waals surface area contributed by atoms with Crippen LogP contribution in [0.5, 0.6) is 5.75 Å². The van der Waals surface area contributed by atoms with Crippen LogP contribution in [0.25, 0.3) is 0 Å². The van der Waals surface area contributed by atoms with Crippen LogP contribution in [0.15, 0.2) is 78.9 Å². The van der Waals surface area contributed by atoms with Crippen LogP contribution >= 0.6 is 11.6 Å². The van der Waals surface area contributed by atoms with Gasteiger partial charge in [-0.3, -0.25) is 4.79 Å². The third-order valence-electron chi connectivity index (χ3n) is 5.40. The Balaban J connectivity index is 1.51. The molecule has 34 heavy (non-hydrogen) atoms. The summed E-state index contributed by atoms with van der Waals surface area (Å²) in [7, 11) is 0. The molecule has 1 amide bonds. The summed E-state index contributed by atoms with van der Waals surface area (Å²) in [5, 5.41) is 16.1. The van der Waals surface area contributed by atoms with E-state index in [1.807, 2.05) is 25.1 Å². The Bertz CT molecular complexity index is 1370. The number of hydrogen-bond acceptors (Lipinski definition) is 3. The van der Waals surface area contributed by atoms with Crippen LogP contribution in [-0.2, 0) is 6.42 Å². The summed E-state index contributed by atoms with van der Waals surface area (Å²) in [6.45, 7) is 1.96. The number of nitrogens with one attached hydrogen (secondary N) is 2. The van der Waals surface area contributed by atoms with E-state index >= 15 is 0 Å². The lowest BCUT2D eigenvalue weighted by molar-refractivity contribution is 0.102. The Hall–Kier alpha value is -3.90. The summed E-state index contributed by atoms with van der Waals surface area (Å²) in [6.07, 6.45) is 0.510. The van der Waals surface area contributed by atoms with Crippen LogP contribution < -0.4 is 10.6 Å². The van der Waals surface area contributed by atoms with Gasteiger partial charge in [0, 0.05) is 22.5 Å². The molecule has 4 rings (SSSR count). The van der Waals surface area contributed by atoms with Gasteiger partial charge in [0.1, 0.15) is 17.4 Å². The van der Waals surface area contributed by atoms with E-state index in [1.54, 1.807) is 36.4 Å². The number of amides is 1. The average Bonchev–Trinajstić information content (AvgIpc) is 2.80. The zero-order valence-electron chi connectivity index (χ0n) is 18.2. The van der Waals surface area contributed by atoms with Crippen LogP contribution in [0.2, 0.25) is 5.02 Å². The minimum Gasteiger partial charge on any atom is -0.507 e. The summed E-state index contributed by atoms with van der Waals surface area (Å²) >= 11 is 6.49. The molecule has 0 saturated carbocycles. The lowest BCUT2D eigenvalue weighted by atomic mass is 9.99. The lowest BCUT2D eigenvalue weighted by Gasteiger charge is -2.13. The highest BCUT2D eigenvalue weighted by molar-refractivity contribution is 6.31. The molecule has 0 radical (unpaired) electrons. The maximum absolute atomic E-state index is 13.9. The standard InChI is InChI=1S/C27H21ClF2N2O2/c1-16-6-9-20(32-27(34)22-4-2-3-5-26(22)33)13-18(16)12-17-7-10-21(15-23(17)28)31-25-11-8-19(29)14-24(25)30/h2-11,13-15,31,33H,12H2,1H3,(H,32,34). The Morgan fingerprint density at radius 2 is 1.68 bits per heavy atom. The van der Waals surface area contributed by atoms with Crippen LogP contribution in [0, 0.1) is 18.6 Å². The first kappa shape index (κ1) is 23.3. The molecular formula is C27H21ClF2N2O2. The number of carbonyl (C=O) groups is 1. The second-order valence-corrected chi connectivity index (χ2v) is 8.25. The van der Waals surface area contributed by atoms with E-state index < -0.39 is 17.5 Å². The normalized spacial score (nSPS) is 10.7. The fraction of sp³-hybridized carbons (Fsp3) is 0.0741. The van der Waals surface area contributed by atoms with E-state index in [9.17, 15) is 18.7 Å². The van der Waals surface area contributed by atoms with Crippen molar-refractivity contribution in [1.29, 1.82) is 0 Å². The first-order chi connectivity index (χ1) is 16.3. The molecule has 7 heteroatoms. The Morgan fingerprint density at radius 1 is 0.912 bits per heavy atom. The van der Waals surface area contributed by atoms with Gasteiger partial charge in [-0.25, -0.2) is 8.78 Å². The fourth-order valence-corrected chi connectivity index (χ4v) is 3.77. The highest BCUT2D eigenvalue weighted by Crippen LogP contribution is 2.28. The van der Waals surface area contributed by atoms with E-state index in [2.05, 4.69) is 10.6 Å². The van der Waals surface area contributed by atoms with Gasteiger partial charge in [0.2, 0.25) is 0 Å². The number of para-hydroxylation sites is 1. The summed E-state index contributed by atoms with van der Waals surface area (Å²) in [6, 6.07) is 20.5. The molecule has 0 bridgehead atoms.